The summed E-state index contributed by atoms with van der Waals surface area (Å²) < 4.78 is 9.70. The van der Waals surface area contributed by atoms with Gasteiger partial charge in [-0.2, -0.15) is 0 Å². The van der Waals surface area contributed by atoms with Crippen molar-refractivity contribution < 1.29 is 28.7 Å². The van der Waals surface area contributed by atoms with Crippen LogP contribution in [0.25, 0.3) is 0 Å². The molecule has 0 aromatic carbocycles. The largest absolute Gasteiger partial charge is 0.451 e. The molecule has 1 aliphatic rings. The predicted octanol–water partition coefficient (Wildman–Crippen LogP) is -0.454. The van der Waals surface area contributed by atoms with Crippen molar-refractivity contribution >= 4 is 29.7 Å². The first kappa shape index (κ1) is 18.6. The lowest BCUT2D eigenvalue weighted by Crippen LogP contribution is -2.45. The molecule has 0 bridgehead atoms. The van der Waals surface area contributed by atoms with Crippen LogP contribution >= 0.6 is 0 Å². The minimum atomic E-state index is -1.10. The van der Waals surface area contributed by atoms with Crippen LogP contribution in [0.2, 0.25) is 0 Å². The molecule has 9 nitrogen and oxygen atoms in total. The second kappa shape index (κ2) is 7.70. The minimum absolute atomic E-state index is 0.221. The van der Waals surface area contributed by atoms with Gasteiger partial charge in [0, 0.05) is 34.0 Å². The molecule has 1 heterocycles. The van der Waals surface area contributed by atoms with Gasteiger partial charge in [-0.15, -0.1) is 0 Å². The number of nitrogens with zero attached hydrogens (tertiary/aromatic N) is 3. The van der Waals surface area contributed by atoms with E-state index < -0.39 is 30.1 Å². The van der Waals surface area contributed by atoms with E-state index in [0.717, 1.165) is 0 Å². The number of amides is 2. The quantitative estimate of drug-likeness (QED) is 0.647. The first-order valence-electron chi connectivity index (χ1n) is 7.13. The molecular weight excluding hydrogens is 306 g/mol. The Bertz CT molecular complexity index is 545. The highest BCUT2D eigenvalue weighted by Gasteiger charge is 2.36. The van der Waals surface area contributed by atoms with Gasteiger partial charge in [0.05, 0.1) is 0 Å². The molecule has 0 spiro atoms. The van der Waals surface area contributed by atoms with Crippen LogP contribution < -0.4 is 0 Å². The van der Waals surface area contributed by atoms with Crippen molar-refractivity contribution in [3.05, 3.63) is 0 Å². The SMILES string of the molecule is CN=C1N(C(C)=O)CCN1C(=O)[C@H](C)OC(=O)[C@H](C)OC(C)=O. The van der Waals surface area contributed by atoms with E-state index in [1.54, 1.807) is 0 Å². The summed E-state index contributed by atoms with van der Waals surface area (Å²) in [7, 11) is 1.47. The van der Waals surface area contributed by atoms with Crippen LogP contribution in [0.5, 0.6) is 0 Å². The number of ether oxygens (including phenoxy) is 2. The van der Waals surface area contributed by atoms with Gasteiger partial charge in [-0.05, 0) is 13.8 Å². The summed E-state index contributed by atoms with van der Waals surface area (Å²) in [6, 6.07) is 0. The van der Waals surface area contributed by atoms with Crippen LogP contribution in [0, 0.1) is 0 Å². The molecule has 1 rings (SSSR count). The van der Waals surface area contributed by atoms with E-state index >= 15 is 0 Å². The van der Waals surface area contributed by atoms with Gasteiger partial charge in [-0.3, -0.25) is 29.2 Å². The molecule has 2 amide bonds. The highest BCUT2D eigenvalue weighted by atomic mass is 16.6. The van der Waals surface area contributed by atoms with Gasteiger partial charge in [0.2, 0.25) is 11.9 Å². The third-order valence-electron chi connectivity index (χ3n) is 3.19. The maximum absolute atomic E-state index is 12.4. The van der Waals surface area contributed by atoms with E-state index in [4.69, 9.17) is 9.47 Å². The van der Waals surface area contributed by atoms with Crippen LogP contribution in [0.3, 0.4) is 0 Å². The van der Waals surface area contributed by atoms with Crippen molar-refractivity contribution in [3.63, 3.8) is 0 Å². The van der Waals surface area contributed by atoms with Crippen molar-refractivity contribution in [1.82, 2.24) is 9.80 Å². The summed E-state index contributed by atoms with van der Waals surface area (Å²) in [6.07, 6.45) is -2.20. The summed E-state index contributed by atoms with van der Waals surface area (Å²) in [5.74, 6) is -1.95. The monoisotopic (exact) mass is 327 g/mol. The highest BCUT2D eigenvalue weighted by molar-refractivity contribution is 6.06. The lowest BCUT2D eigenvalue weighted by atomic mass is 10.3. The third-order valence-corrected chi connectivity index (χ3v) is 3.19. The molecule has 1 fully saturated rings. The van der Waals surface area contributed by atoms with Crippen molar-refractivity contribution in [2.75, 3.05) is 20.1 Å². The lowest BCUT2D eigenvalue weighted by molar-refractivity contribution is -0.171. The zero-order chi connectivity index (χ0) is 17.7. The topological polar surface area (TPSA) is 106 Å². The molecule has 0 unspecified atom stereocenters. The Morgan fingerprint density at radius 1 is 1.00 bits per heavy atom. The number of hydrogen-bond donors (Lipinski definition) is 0. The van der Waals surface area contributed by atoms with Crippen molar-refractivity contribution in [1.29, 1.82) is 0 Å². The number of esters is 2. The van der Waals surface area contributed by atoms with Crippen molar-refractivity contribution in [3.8, 4) is 0 Å². The number of carbonyl (C=O) groups excluding carboxylic acids is 4. The summed E-state index contributed by atoms with van der Waals surface area (Å²) >= 11 is 0. The molecule has 0 radical (unpaired) electrons. The summed E-state index contributed by atoms with van der Waals surface area (Å²) in [4.78, 5) is 53.1. The maximum Gasteiger partial charge on any atom is 0.347 e. The van der Waals surface area contributed by atoms with Crippen LogP contribution in [-0.4, -0.2) is 71.9 Å². The molecule has 0 aromatic heterocycles. The van der Waals surface area contributed by atoms with Crippen molar-refractivity contribution in [2.24, 2.45) is 4.99 Å². The van der Waals surface area contributed by atoms with E-state index in [1.165, 1.54) is 44.5 Å². The smallest absolute Gasteiger partial charge is 0.347 e. The summed E-state index contributed by atoms with van der Waals surface area (Å²) in [5.41, 5.74) is 0. The van der Waals surface area contributed by atoms with Crippen LogP contribution in [0.4, 0.5) is 0 Å². The second-order valence-electron chi connectivity index (χ2n) is 5.01. The molecule has 2 atom stereocenters. The Labute approximate surface area is 134 Å². The molecule has 0 N–H and O–H groups in total. The van der Waals surface area contributed by atoms with E-state index in [1.807, 2.05) is 0 Å². The Morgan fingerprint density at radius 2 is 1.57 bits per heavy atom. The Morgan fingerprint density at radius 3 is 2.04 bits per heavy atom. The Kier molecular flexibility index (Phi) is 6.23. The molecule has 23 heavy (non-hydrogen) atoms. The Balaban J connectivity index is 2.72. The zero-order valence-electron chi connectivity index (χ0n) is 13.9. The van der Waals surface area contributed by atoms with E-state index in [9.17, 15) is 19.2 Å². The predicted molar refractivity (Wildman–Crippen MR) is 79.2 cm³/mol. The van der Waals surface area contributed by atoms with E-state index in [0.29, 0.717) is 6.54 Å². The molecule has 0 saturated carbocycles. The standard InChI is InChI=1S/C14H21N3O6/c1-8(23-13(21)9(2)22-11(4)19)12(20)17-7-6-16(10(3)18)14(17)15-5/h8-9H,6-7H2,1-5H3/t8-,9-/m0/s1. The van der Waals surface area contributed by atoms with Gasteiger partial charge < -0.3 is 9.47 Å². The number of carbonyl (C=O) groups is 4. The highest BCUT2D eigenvalue weighted by Crippen LogP contribution is 2.13. The number of hydrogen-bond acceptors (Lipinski definition) is 7. The summed E-state index contributed by atoms with van der Waals surface area (Å²) in [6.45, 7) is 5.91. The summed E-state index contributed by atoms with van der Waals surface area (Å²) in [5, 5.41) is 0. The van der Waals surface area contributed by atoms with Gasteiger partial charge in [-0.1, -0.05) is 0 Å². The van der Waals surface area contributed by atoms with E-state index in [2.05, 4.69) is 4.99 Å². The first-order valence-corrected chi connectivity index (χ1v) is 7.13. The molecule has 1 saturated heterocycles. The number of guanidine groups is 1. The number of aliphatic imine (C=N–C) groups is 1. The Hall–Kier alpha value is -2.45. The van der Waals surface area contributed by atoms with Crippen LogP contribution in [0.15, 0.2) is 4.99 Å². The minimum Gasteiger partial charge on any atom is -0.451 e. The maximum atomic E-state index is 12.4. The number of rotatable bonds is 4. The van der Waals surface area contributed by atoms with Crippen LogP contribution in [-0.2, 0) is 28.7 Å². The fraction of sp³-hybridized carbons (Fsp3) is 0.643. The fourth-order valence-corrected chi connectivity index (χ4v) is 2.13. The van der Waals surface area contributed by atoms with Gasteiger partial charge in [0.15, 0.2) is 12.2 Å². The molecular formula is C14H21N3O6. The molecule has 0 aromatic rings. The fourth-order valence-electron chi connectivity index (χ4n) is 2.13. The first-order chi connectivity index (χ1) is 10.7. The molecule has 128 valence electrons. The molecule has 0 aliphatic carbocycles. The molecule has 1 aliphatic heterocycles. The van der Waals surface area contributed by atoms with Gasteiger partial charge in [-0.25, -0.2) is 4.79 Å². The van der Waals surface area contributed by atoms with Gasteiger partial charge in [0.1, 0.15) is 0 Å². The zero-order valence-corrected chi connectivity index (χ0v) is 13.9. The van der Waals surface area contributed by atoms with E-state index in [-0.39, 0.29) is 18.4 Å². The van der Waals surface area contributed by atoms with Gasteiger partial charge >= 0.3 is 11.9 Å². The average molecular weight is 327 g/mol. The normalized spacial score (nSPS) is 18.6. The van der Waals surface area contributed by atoms with Crippen LogP contribution in [0.1, 0.15) is 27.7 Å². The second-order valence-corrected chi connectivity index (χ2v) is 5.01. The molecule has 9 heteroatoms. The average Bonchev–Trinajstić information content (AvgIpc) is 2.89. The third kappa shape index (κ3) is 4.51. The lowest BCUT2D eigenvalue weighted by Gasteiger charge is -2.23. The van der Waals surface area contributed by atoms with Crippen molar-refractivity contribution in [2.45, 2.75) is 39.9 Å². The van der Waals surface area contributed by atoms with Gasteiger partial charge in [0.25, 0.3) is 5.91 Å².